The second-order valence-electron chi connectivity index (χ2n) is 5.87. The van der Waals surface area contributed by atoms with Crippen LogP contribution in [0.3, 0.4) is 0 Å². The molecule has 0 unspecified atom stereocenters. The number of amides is 1. The fourth-order valence-corrected chi connectivity index (χ4v) is 3.00. The topological polar surface area (TPSA) is 71.7 Å². The van der Waals surface area contributed by atoms with Gasteiger partial charge in [-0.15, -0.1) is 0 Å². The summed E-state index contributed by atoms with van der Waals surface area (Å²) in [7, 11) is 1.61. The van der Waals surface area contributed by atoms with Crippen molar-refractivity contribution in [1.82, 2.24) is 5.32 Å². The minimum Gasteiger partial charge on any atom is -0.497 e. The number of furan rings is 1. The lowest BCUT2D eigenvalue weighted by Gasteiger charge is -2.26. The van der Waals surface area contributed by atoms with Gasteiger partial charge in [-0.05, 0) is 37.8 Å². The van der Waals surface area contributed by atoms with Crippen LogP contribution in [0.5, 0.6) is 5.75 Å². The maximum atomic E-state index is 12.2. The largest absolute Gasteiger partial charge is 0.497 e. The third kappa shape index (κ3) is 3.25. The average Bonchev–Trinajstić information content (AvgIpc) is 2.91. The Morgan fingerprint density at radius 1 is 1.36 bits per heavy atom. The van der Waals surface area contributed by atoms with Crippen molar-refractivity contribution in [3.05, 3.63) is 30.0 Å². The number of aliphatic hydroxyl groups is 1. The molecule has 1 heterocycles. The van der Waals surface area contributed by atoms with Crippen LogP contribution in [0, 0.1) is 0 Å². The maximum absolute atomic E-state index is 12.2. The standard InChI is InChI=1S/C17H21NO4/c1-21-14-6-7-15-11(10-22-16(15)9-14)8-17(20)18-12-2-4-13(19)5-3-12/h6-7,9-10,12-13,19H,2-5,8H2,1H3,(H,18,20). The Morgan fingerprint density at radius 2 is 2.14 bits per heavy atom. The highest BCUT2D eigenvalue weighted by Gasteiger charge is 2.21. The van der Waals surface area contributed by atoms with Gasteiger partial charge in [-0.2, -0.15) is 0 Å². The predicted molar refractivity (Wildman–Crippen MR) is 82.9 cm³/mol. The molecule has 0 aliphatic heterocycles. The number of methoxy groups -OCH3 is 1. The minimum atomic E-state index is -0.207. The molecule has 0 radical (unpaired) electrons. The fraction of sp³-hybridized carbons (Fsp3) is 0.471. The van der Waals surface area contributed by atoms with E-state index in [0.29, 0.717) is 6.42 Å². The average molecular weight is 303 g/mol. The zero-order valence-corrected chi connectivity index (χ0v) is 12.7. The highest BCUT2D eigenvalue weighted by molar-refractivity contribution is 5.88. The van der Waals surface area contributed by atoms with Crippen LogP contribution in [-0.4, -0.2) is 30.3 Å². The van der Waals surface area contributed by atoms with Gasteiger partial charge in [0.15, 0.2) is 0 Å². The molecule has 2 N–H and O–H groups in total. The van der Waals surface area contributed by atoms with E-state index in [0.717, 1.165) is 48.0 Å². The molecule has 0 saturated heterocycles. The number of hydrogen-bond donors (Lipinski definition) is 2. The van der Waals surface area contributed by atoms with Gasteiger partial charge >= 0.3 is 0 Å². The number of rotatable bonds is 4. The van der Waals surface area contributed by atoms with E-state index in [1.807, 2.05) is 18.2 Å². The Bertz CT molecular complexity index is 656. The van der Waals surface area contributed by atoms with Crippen molar-refractivity contribution >= 4 is 16.9 Å². The van der Waals surface area contributed by atoms with E-state index < -0.39 is 0 Å². The lowest BCUT2D eigenvalue weighted by molar-refractivity contribution is -0.121. The van der Waals surface area contributed by atoms with Gasteiger partial charge < -0.3 is 19.6 Å². The summed E-state index contributed by atoms with van der Waals surface area (Å²) in [6, 6.07) is 5.77. The first-order chi connectivity index (χ1) is 10.7. The van der Waals surface area contributed by atoms with E-state index in [2.05, 4.69) is 5.32 Å². The number of ether oxygens (including phenoxy) is 1. The maximum Gasteiger partial charge on any atom is 0.224 e. The van der Waals surface area contributed by atoms with E-state index in [9.17, 15) is 9.90 Å². The van der Waals surface area contributed by atoms with Crippen LogP contribution in [0.2, 0.25) is 0 Å². The molecule has 1 aliphatic rings. The molecule has 1 aliphatic carbocycles. The highest BCUT2D eigenvalue weighted by atomic mass is 16.5. The summed E-state index contributed by atoms with van der Waals surface area (Å²) in [4.78, 5) is 12.2. The van der Waals surface area contributed by atoms with Crippen LogP contribution in [0.4, 0.5) is 0 Å². The van der Waals surface area contributed by atoms with Crippen LogP contribution in [0.15, 0.2) is 28.9 Å². The van der Waals surface area contributed by atoms with Gasteiger partial charge in [0, 0.05) is 23.1 Å². The Labute approximate surface area is 129 Å². The van der Waals surface area contributed by atoms with Gasteiger partial charge in [0.2, 0.25) is 5.91 Å². The summed E-state index contributed by atoms with van der Waals surface area (Å²) in [5.41, 5.74) is 1.61. The zero-order valence-electron chi connectivity index (χ0n) is 12.7. The summed E-state index contributed by atoms with van der Waals surface area (Å²) < 4.78 is 10.7. The lowest BCUT2D eigenvalue weighted by Crippen LogP contribution is -2.39. The van der Waals surface area contributed by atoms with Gasteiger partial charge in [-0.1, -0.05) is 0 Å². The SMILES string of the molecule is COc1ccc2c(CC(=O)NC3CCC(O)CC3)coc2c1. The molecule has 118 valence electrons. The van der Waals surface area contributed by atoms with Gasteiger partial charge in [0.1, 0.15) is 11.3 Å². The number of carbonyl (C=O) groups excluding carboxylic acids is 1. The van der Waals surface area contributed by atoms with Crippen molar-refractivity contribution in [1.29, 1.82) is 0 Å². The van der Waals surface area contributed by atoms with E-state index in [1.165, 1.54) is 0 Å². The molecule has 0 bridgehead atoms. The monoisotopic (exact) mass is 303 g/mol. The number of fused-ring (bicyclic) bond motifs is 1. The molecule has 1 aromatic carbocycles. The second-order valence-corrected chi connectivity index (χ2v) is 5.87. The van der Waals surface area contributed by atoms with E-state index in [-0.39, 0.29) is 18.1 Å². The van der Waals surface area contributed by atoms with E-state index >= 15 is 0 Å². The number of hydrogen-bond acceptors (Lipinski definition) is 4. The van der Waals surface area contributed by atoms with Gasteiger partial charge in [-0.25, -0.2) is 0 Å². The molecule has 0 atom stereocenters. The van der Waals surface area contributed by atoms with Crippen LogP contribution in [-0.2, 0) is 11.2 Å². The molecule has 0 spiro atoms. The third-order valence-electron chi connectivity index (χ3n) is 4.28. The Balaban J connectivity index is 1.64. The lowest BCUT2D eigenvalue weighted by atomic mass is 9.93. The second kappa shape index (κ2) is 6.40. The molecule has 3 rings (SSSR count). The smallest absolute Gasteiger partial charge is 0.224 e. The summed E-state index contributed by atoms with van der Waals surface area (Å²) in [5.74, 6) is 0.735. The molecule has 1 aromatic heterocycles. The number of carbonyl (C=O) groups is 1. The van der Waals surface area contributed by atoms with Crippen molar-refractivity contribution < 1.29 is 19.1 Å². The summed E-state index contributed by atoms with van der Waals surface area (Å²) >= 11 is 0. The molecule has 1 fully saturated rings. The van der Waals surface area contributed by atoms with Crippen molar-refractivity contribution in [3.8, 4) is 5.75 Å². The van der Waals surface area contributed by atoms with Crippen LogP contribution in [0.1, 0.15) is 31.2 Å². The number of nitrogens with one attached hydrogen (secondary N) is 1. The van der Waals surface area contributed by atoms with E-state index in [4.69, 9.17) is 9.15 Å². The quantitative estimate of drug-likeness (QED) is 0.910. The van der Waals surface area contributed by atoms with E-state index in [1.54, 1.807) is 13.4 Å². The van der Waals surface area contributed by atoms with Gasteiger partial charge in [0.05, 0.1) is 25.9 Å². The summed E-state index contributed by atoms with van der Waals surface area (Å²) in [6.45, 7) is 0. The highest BCUT2D eigenvalue weighted by Crippen LogP contribution is 2.26. The molecule has 5 nitrogen and oxygen atoms in total. The van der Waals surface area contributed by atoms with Crippen molar-refractivity contribution in [3.63, 3.8) is 0 Å². The first-order valence-electron chi connectivity index (χ1n) is 7.67. The molecule has 22 heavy (non-hydrogen) atoms. The zero-order chi connectivity index (χ0) is 15.5. The molecule has 5 heteroatoms. The van der Waals surface area contributed by atoms with Gasteiger partial charge in [0.25, 0.3) is 0 Å². The number of aliphatic hydroxyl groups excluding tert-OH is 1. The van der Waals surface area contributed by atoms with Crippen LogP contribution < -0.4 is 10.1 Å². The Kier molecular flexibility index (Phi) is 4.34. The summed E-state index contributed by atoms with van der Waals surface area (Å²) in [6.07, 6.45) is 4.94. The Morgan fingerprint density at radius 3 is 2.86 bits per heavy atom. The van der Waals surface area contributed by atoms with Crippen molar-refractivity contribution in [2.75, 3.05) is 7.11 Å². The third-order valence-corrected chi connectivity index (χ3v) is 4.28. The number of benzene rings is 1. The predicted octanol–water partition coefficient (Wildman–Crippen LogP) is 2.40. The van der Waals surface area contributed by atoms with Crippen LogP contribution >= 0.6 is 0 Å². The molecular weight excluding hydrogens is 282 g/mol. The normalized spacial score (nSPS) is 21.7. The fourth-order valence-electron chi connectivity index (χ4n) is 3.00. The first-order valence-corrected chi connectivity index (χ1v) is 7.67. The van der Waals surface area contributed by atoms with Crippen molar-refractivity contribution in [2.45, 2.75) is 44.2 Å². The summed E-state index contributed by atoms with van der Waals surface area (Å²) in [5, 5.41) is 13.5. The Hall–Kier alpha value is -2.01. The van der Waals surface area contributed by atoms with Crippen molar-refractivity contribution in [2.24, 2.45) is 0 Å². The molecule has 2 aromatic rings. The molecule has 1 saturated carbocycles. The minimum absolute atomic E-state index is 0.0000853. The first kappa shape index (κ1) is 14.9. The molecule has 1 amide bonds. The van der Waals surface area contributed by atoms with Crippen LogP contribution in [0.25, 0.3) is 11.0 Å². The van der Waals surface area contributed by atoms with Gasteiger partial charge in [-0.3, -0.25) is 4.79 Å². The molecular formula is C17H21NO4.